The van der Waals surface area contributed by atoms with Crippen LogP contribution in [0.15, 0.2) is 48.5 Å². The molecule has 1 aliphatic heterocycles. The molecule has 6 heteroatoms. The number of aliphatic hydroxyl groups excluding tert-OH is 1. The van der Waals surface area contributed by atoms with Crippen molar-refractivity contribution in [3.8, 4) is 5.75 Å². The molecule has 2 aromatic rings. The topological polar surface area (TPSA) is 65.0 Å². The van der Waals surface area contributed by atoms with Crippen molar-refractivity contribution in [3.05, 3.63) is 65.2 Å². The van der Waals surface area contributed by atoms with Gasteiger partial charge in [-0.25, -0.2) is 4.79 Å². The Balaban J connectivity index is 1.50. The maximum Gasteiger partial charge on any atom is 0.317 e. The van der Waals surface area contributed by atoms with Gasteiger partial charge in [0.1, 0.15) is 5.75 Å². The Morgan fingerprint density at radius 3 is 2.50 bits per heavy atom. The molecular weight excluding hydrogens is 354 g/mol. The zero-order valence-corrected chi connectivity index (χ0v) is 16.6. The fourth-order valence-corrected chi connectivity index (χ4v) is 3.49. The maximum absolute atomic E-state index is 12.6. The minimum absolute atomic E-state index is 0.0364. The second-order valence-electron chi connectivity index (χ2n) is 7.14. The number of methoxy groups -OCH3 is 1. The Morgan fingerprint density at radius 1 is 1.11 bits per heavy atom. The zero-order chi connectivity index (χ0) is 19.9. The largest absolute Gasteiger partial charge is 0.497 e. The number of urea groups is 1. The van der Waals surface area contributed by atoms with Crippen LogP contribution >= 0.6 is 0 Å². The van der Waals surface area contributed by atoms with Gasteiger partial charge < -0.3 is 20.1 Å². The lowest BCUT2D eigenvalue weighted by atomic mass is 10.1. The van der Waals surface area contributed by atoms with Crippen molar-refractivity contribution in [1.29, 1.82) is 0 Å². The first-order valence-corrected chi connectivity index (χ1v) is 9.70. The highest BCUT2D eigenvalue weighted by Gasteiger charge is 2.23. The number of carbonyl (C=O) groups excluding carboxylic acids is 1. The van der Waals surface area contributed by atoms with Crippen molar-refractivity contribution in [2.24, 2.45) is 0 Å². The number of benzene rings is 2. The SMILES string of the molecule is COc1cccc([C@@H](C)NC(=O)N2CCN(Cc3ccccc3CO)CC2)c1. The first kappa shape index (κ1) is 20.2. The van der Waals surface area contributed by atoms with E-state index in [1.807, 2.05) is 54.3 Å². The van der Waals surface area contributed by atoms with Crippen LogP contribution in [0.4, 0.5) is 4.79 Å². The van der Waals surface area contributed by atoms with Crippen LogP contribution in [0.3, 0.4) is 0 Å². The van der Waals surface area contributed by atoms with E-state index >= 15 is 0 Å². The molecule has 0 unspecified atom stereocenters. The molecule has 2 N–H and O–H groups in total. The summed E-state index contributed by atoms with van der Waals surface area (Å²) in [5.41, 5.74) is 3.14. The standard InChI is InChI=1S/C22H29N3O3/c1-17(18-8-5-9-21(14-18)28-2)23-22(27)25-12-10-24(11-13-25)15-19-6-3-4-7-20(19)16-26/h3-9,14,17,26H,10-13,15-16H2,1-2H3,(H,23,27)/t17-/m1/s1. The number of piperazine rings is 1. The van der Waals surface area contributed by atoms with E-state index in [1.165, 1.54) is 0 Å². The van der Waals surface area contributed by atoms with Crippen LogP contribution in [0.25, 0.3) is 0 Å². The summed E-state index contributed by atoms with van der Waals surface area (Å²) in [4.78, 5) is 16.8. The number of rotatable bonds is 6. The molecule has 1 saturated heterocycles. The maximum atomic E-state index is 12.6. The molecule has 0 aromatic heterocycles. The van der Waals surface area contributed by atoms with Crippen LogP contribution in [0.1, 0.15) is 29.7 Å². The van der Waals surface area contributed by atoms with Gasteiger partial charge in [-0.3, -0.25) is 4.90 Å². The minimum atomic E-state index is -0.0861. The molecule has 1 aliphatic rings. The second kappa shape index (κ2) is 9.57. The van der Waals surface area contributed by atoms with Crippen LogP contribution in [0.2, 0.25) is 0 Å². The Kier molecular flexibility index (Phi) is 6.90. The highest BCUT2D eigenvalue weighted by molar-refractivity contribution is 5.74. The van der Waals surface area contributed by atoms with E-state index in [9.17, 15) is 9.90 Å². The monoisotopic (exact) mass is 383 g/mol. The van der Waals surface area contributed by atoms with Gasteiger partial charge in [0.05, 0.1) is 19.8 Å². The third-order valence-corrected chi connectivity index (χ3v) is 5.28. The van der Waals surface area contributed by atoms with Gasteiger partial charge in [0, 0.05) is 32.7 Å². The molecule has 0 bridgehead atoms. The summed E-state index contributed by atoms with van der Waals surface area (Å²) >= 11 is 0. The molecule has 0 aliphatic carbocycles. The number of nitrogens with one attached hydrogen (secondary N) is 1. The Hall–Kier alpha value is -2.57. The van der Waals surface area contributed by atoms with Gasteiger partial charge in [-0.15, -0.1) is 0 Å². The van der Waals surface area contributed by atoms with Gasteiger partial charge in [0.2, 0.25) is 0 Å². The van der Waals surface area contributed by atoms with E-state index in [-0.39, 0.29) is 18.7 Å². The summed E-state index contributed by atoms with van der Waals surface area (Å²) in [7, 11) is 1.64. The summed E-state index contributed by atoms with van der Waals surface area (Å²) in [5.74, 6) is 0.787. The third kappa shape index (κ3) is 5.03. The summed E-state index contributed by atoms with van der Waals surface area (Å²) in [6, 6.07) is 15.6. The molecule has 1 atom stereocenters. The second-order valence-corrected chi connectivity index (χ2v) is 7.14. The third-order valence-electron chi connectivity index (χ3n) is 5.28. The van der Waals surface area contributed by atoms with Gasteiger partial charge in [0.15, 0.2) is 0 Å². The van der Waals surface area contributed by atoms with E-state index in [0.717, 1.165) is 42.1 Å². The average Bonchev–Trinajstić information content (AvgIpc) is 2.74. The Morgan fingerprint density at radius 2 is 1.82 bits per heavy atom. The summed E-state index contributed by atoms with van der Waals surface area (Å²) in [5, 5.41) is 12.6. The molecule has 3 rings (SSSR count). The molecule has 2 amide bonds. The van der Waals surface area contributed by atoms with Crippen molar-refractivity contribution in [1.82, 2.24) is 15.1 Å². The lowest BCUT2D eigenvalue weighted by Crippen LogP contribution is -2.51. The normalized spacial score (nSPS) is 15.9. The molecule has 0 spiro atoms. The van der Waals surface area contributed by atoms with Gasteiger partial charge in [0.25, 0.3) is 0 Å². The lowest BCUT2D eigenvalue weighted by Gasteiger charge is -2.35. The Labute approximate surface area is 166 Å². The van der Waals surface area contributed by atoms with Gasteiger partial charge in [-0.05, 0) is 35.7 Å². The molecule has 150 valence electrons. The number of ether oxygens (including phenoxy) is 1. The van der Waals surface area contributed by atoms with E-state index in [0.29, 0.717) is 13.1 Å². The molecule has 0 saturated carbocycles. The highest BCUT2D eigenvalue weighted by atomic mass is 16.5. The van der Waals surface area contributed by atoms with Crippen molar-refractivity contribution in [2.45, 2.75) is 26.1 Å². The number of hydrogen-bond donors (Lipinski definition) is 2. The highest BCUT2D eigenvalue weighted by Crippen LogP contribution is 2.19. The summed E-state index contributed by atoms with van der Waals surface area (Å²) in [6.07, 6.45) is 0. The fraction of sp³-hybridized carbons (Fsp3) is 0.409. The van der Waals surface area contributed by atoms with Gasteiger partial charge in [-0.2, -0.15) is 0 Å². The van der Waals surface area contributed by atoms with E-state index in [2.05, 4.69) is 16.3 Å². The number of nitrogens with zero attached hydrogens (tertiary/aromatic N) is 2. The molecule has 6 nitrogen and oxygen atoms in total. The van der Waals surface area contributed by atoms with Gasteiger partial charge >= 0.3 is 6.03 Å². The van der Waals surface area contributed by atoms with E-state index < -0.39 is 0 Å². The molecular formula is C22H29N3O3. The fourth-order valence-electron chi connectivity index (χ4n) is 3.49. The average molecular weight is 383 g/mol. The number of amides is 2. The predicted octanol–water partition coefficient (Wildman–Crippen LogP) is 2.78. The van der Waals surface area contributed by atoms with Crippen molar-refractivity contribution in [2.75, 3.05) is 33.3 Å². The number of aliphatic hydroxyl groups is 1. The molecule has 2 aromatic carbocycles. The molecule has 1 heterocycles. The smallest absolute Gasteiger partial charge is 0.317 e. The molecule has 28 heavy (non-hydrogen) atoms. The molecule has 0 radical (unpaired) electrons. The van der Waals surface area contributed by atoms with Crippen molar-refractivity contribution >= 4 is 6.03 Å². The predicted molar refractivity (Wildman–Crippen MR) is 109 cm³/mol. The van der Waals surface area contributed by atoms with Crippen LogP contribution in [0.5, 0.6) is 5.75 Å². The van der Waals surface area contributed by atoms with Crippen LogP contribution < -0.4 is 10.1 Å². The quantitative estimate of drug-likeness (QED) is 0.805. The summed E-state index contributed by atoms with van der Waals surface area (Å²) in [6.45, 7) is 5.86. The minimum Gasteiger partial charge on any atom is -0.497 e. The zero-order valence-electron chi connectivity index (χ0n) is 16.6. The van der Waals surface area contributed by atoms with Crippen LogP contribution in [-0.2, 0) is 13.2 Å². The van der Waals surface area contributed by atoms with Crippen molar-refractivity contribution < 1.29 is 14.6 Å². The van der Waals surface area contributed by atoms with E-state index in [1.54, 1.807) is 7.11 Å². The lowest BCUT2D eigenvalue weighted by molar-refractivity contribution is 0.133. The van der Waals surface area contributed by atoms with Crippen LogP contribution in [-0.4, -0.2) is 54.2 Å². The first-order chi connectivity index (χ1) is 13.6. The van der Waals surface area contributed by atoms with Crippen molar-refractivity contribution in [3.63, 3.8) is 0 Å². The summed E-state index contributed by atoms with van der Waals surface area (Å²) < 4.78 is 5.26. The van der Waals surface area contributed by atoms with E-state index in [4.69, 9.17) is 4.74 Å². The number of hydrogen-bond acceptors (Lipinski definition) is 4. The van der Waals surface area contributed by atoms with Gasteiger partial charge in [-0.1, -0.05) is 36.4 Å². The number of carbonyl (C=O) groups is 1. The Bertz CT molecular complexity index is 788. The first-order valence-electron chi connectivity index (χ1n) is 9.70. The van der Waals surface area contributed by atoms with Crippen LogP contribution in [0, 0.1) is 0 Å². The molecule has 1 fully saturated rings.